The van der Waals surface area contributed by atoms with Crippen molar-refractivity contribution in [2.24, 2.45) is 0 Å². The SMILES string of the molecule is Cc1cc(OCC(=O)N2CCN(Cc3ccco3)CC2)ccc1Cl. The van der Waals surface area contributed by atoms with E-state index < -0.39 is 0 Å². The van der Waals surface area contributed by atoms with Gasteiger partial charge < -0.3 is 14.1 Å². The predicted molar refractivity (Wildman–Crippen MR) is 92.2 cm³/mol. The Bertz CT molecular complexity index is 680. The van der Waals surface area contributed by atoms with Gasteiger partial charge in [0.25, 0.3) is 5.91 Å². The summed E-state index contributed by atoms with van der Waals surface area (Å²) in [5.74, 6) is 1.64. The predicted octanol–water partition coefficient (Wildman–Crippen LogP) is 2.96. The minimum absolute atomic E-state index is 0.0141. The van der Waals surface area contributed by atoms with E-state index in [1.54, 1.807) is 18.4 Å². The van der Waals surface area contributed by atoms with Crippen LogP contribution in [0.5, 0.6) is 5.75 Å². The molecule has 0 aliphatic carbocycles. The molecule has 1 saturated heterocycles. The number of hydrogen-bond acceptors (Lipinski definition) is 4. The van der Waals surface area contributed by atoms with Crippen molar-refractivity contribution >= 4 is 17.5 Å². The lowest BCUT2D eigenvalue weighted by molar-refractivity contribution is -0.135. The number of halogens is 1. The first-order chi connectivity index (χ1) is 11.6. The number of amides is 1. The van der Waals surface area contributed by atoms with Gasteiger partial charge in [-0.1, -0.05) is 11.6 Å². The van der Waals surface area contributed by atoms with Gasteiger partial charge in [0.15, 0.2) is 6.61 Å². The van der Waals surface area contributed by atoms with E-state index in [2.05, 4.69) is 4.90 Å². The molecule has 0 radical (unpaired) electrons. The summed E-state index contributed by atoms with van der Waals surface area (Å²) in [5.41, 5.74) is 0.938. The highest BCUT2D eigenvalue weighted by molar-refractivity contribution is 6.31. The van der Waals surface area contributed by atoms with Crippen LogP contribution in [-0.4, -0.2) is 48.5 Å². The molecule has 1 aliphatic rings. The zero-order valence-electron chi connectivity index (χ0n) is 13.7. The molecule has 1 amide bonds. The largest absolute Gasteiger partial charge is 0.484 e. The summed E-state index contributed by atoms with van der Waals surface area (Å²) < 4.78 is 11.0. The van der Waals surface area contributed by atoms with E-state index in [9.17, 15) is 4.79 Å². The Morgan fingerprint density at radius 1 is 1.25 bits per heavy atom. The van der Waals surface area contributed by atoms with Crippen molar-refractivity contribution in [1.29, 1.82) is 0 Å². The molecule has 2 heterocycles. The van der Waals surface area contributed by atoms with E-state index in [-0.39, 0.29) is 12.5 Å². The Balaban J connectivity index is 1.44. The molecule has 3 rings (SSSR count). The third kappa shape index (κ3) is 4.30. The second kappa shape index (κ2) is 7.73. The van der Waals surface area contributed by atoms with E-state index in [0.29, 0.717) is 23.9 Å². The van der Waals surface area contributed by atoms with E-state index in [4.69, 9.17) is 20.8 Å². The van der Waals surface area contributed by atoms with Crippen LogP contribution >= 0.6 is 11.6 Å². The summed E-state index contributed by atoms with van der Waals surface area (Å²) in [6, 6.07) is 9.27. The quantitative estimate of drug-likeness (QED) is 0.833. The number of aryl methyl sites for hydroxylation is 1. The summed E-state index contributed by atoms with van der Waals surface area (Å²) >= 11 is 5.99. The minimum atomic E-state index is 0.0141. The van der Waals surface area contributed by atoms with Crippen LogP contribution < -0.4 is 4.74 Å². The highest BCUT2D eigenvalue weighted by atomic mass is 35.5. The highest BCUT2D eigenvalue weighted by Crippen LogP contribution is 2.21. The monoisotopic (exact) mass is 348 g/mol. The first-order valence-electron chi connectivity index (χ1n) is 8.03. The van der Waals surface area contributed by atoms with Crippen LogP contribution in [0.25, 0.3) is 0 Å². The van der Waals surface area contributed by atoms with Crippen molar-refractivity contribution in [3.05, 3.63) is 52.9 Å². The van der Waals surface area contributed by atoms with Gasteiger partial charge in [0, 0.05) is 31.2 Å². The van der Waals surface area contributed by atoms with Crippen LogP contribution in [-0.2, 0) is 11.3 Å². The topological polar surface area (TPSA) is 45.9 Å². The lowest BCUT2D eigenvalue weighted by Crippen LogP contribution is -2.49. The molecule has 6 heteroatoms. The Morgan fingerprint density at radius 3 is 2.71 bits per heavy atom. The van der Waals surface area contributed by atoms with Crippen molar-refractivity contribution in [3.8, 4) is 5.75 Å². The molecular weight excluding hydrogens is 328 g/mol. The number of benzene rings is 1. The molecule has 0 N–H and O–H groups in total. The maximum absolute atomic E-state index is 12.3. The maximum atomic E-state index is 12.3. The summed E-state index contributed by atoms with van der Waals surface area (Å²) in [4.78, 5) is 16.4. The lowest BCUT2D eigenvalue weighted by Gasteiger charge is -2.34. The molecule has 0 atom stereocenters. The number of nitrogens with zero attached hydrogens (tertiary/aromatic N) is 2. The molecule has 1 aliphatic heterocycles. The number of furan rings is 1. The van der Waals surface area contributed by atoms with Crippen molar-refractivity contribution in [1.82, 2.24) is 9.80 Å². The van der Waals surface area contributed by atoms with Crippen molar-refractivity contribution in [2.75, 3.05) is 32.8 Å². The minimum Gasteiger partial charge on any atom is -0.484 e. The standard InChI is InChI=1S/C18H21ClN2O3/c1-14-11-15(4-5-17(14)19)24-13-18(22)21-8-6-20(7-9-21)12-16-3-2-10-23-16/h2-5,10-11H,6-9,12-13H2,1H3. The number of ether oxygens (including phenoxy) is 1. The molecule has 0 saturated carbocycles. The molecule has 1 aromatic carbocycles. The number of piperazine rings is 1. The number of carbonyl (C=O) groups excluding carboxylic acids is 1. The molecule has 1 aromatic heterocycles. The van der Waals surface area contributed by atoms with Crippen molar-refractivity contribution in [3.63, 3.8) is 0 Å². The zero-order chi connectivity index (χ0) is 16.9. The average Bonchev–Trinajstić information content (AvgIpc) is 3.09. The zero-order valence-corrected chi connectivity index (χ0v) is 14.5. The first-order valence-corrected chi connectivity index (χ1v) is 8.41. The second-order valence-electron chi connectivity index (χ2n) is 5.94. The summed E-state index contributed by atoms with van der Waals surface area (Å²) in [6.07, 6.45) is 1.69. The Kier molecular flexibility index (Phi) is 5.43. The normalized spacial score (nSPS) is 15.5. The average molecular weight is 349 g/mol. The first kappa shape index (κ1) is 16.9. The van der Waals surface area contributed by atoms with Crippen LogP contribution in [0.4, 0.5) is 0 Å². The summed E-state index contributed by atoms with van der Waals surface area (Å²) in [5, 5.41) is 0.696. The molecule has 24 heavy (non-hydrogen) atoms. The molecule has 0 unspecified atom stereocenters. The van der Waals surface area contributed by atoms with Crippen LogP contribution in [0.15, 0.2) is 41.0 Å². The van der Waals surface area contributed by atoms with E-state index in [1.807, 2.05) is 30.0 Å². The molecule has 0 spiro atoms. The fourth-order valence-corrected chi connectivity index (χ4v) is 2.84. The van der Waals surface area contributed by atoms with Gasteiger partial charge in [0.1, 0.15) is 11.5 Å². The Labute approximate surface area is 146 Å². The van der Waals surface area contributed by atoms with Gasteiger partial charge in [-0.25, -0.2) is 0 Å². The van der Waals surface area contributed by atoms with E-state index >= 15 is 0 Å². The van der Waals surface area contributed by atoms with Crippen molar-refractivity contribution in [2.45, 2.75) is 13.5 Å². The van der Waals surface area contributed by atoms with Crippen LogP contribution in [0, 0.1) is 6.92 Å². The third-order valence-electron chi connectivity index (χ3n) is 4.18. The molecule has 5 nitrogen and oxygen atoms in total. The van der Waals surface area contributed by atoms with E-state index in [1.165, 1.54) is 0 Å². The van der Waals surface area contributed by atoms with E-state index in [0.717, 1.165) is 31.0 Å². The third-order valence-corrected chi connectivity index (χ3v) is 4.60. The van der Waals surface area contributed by atoms with Gasteiger partial charge in [-0.3, -0.25) is 9.69 Å². The van der Waals surface area contributed by atoms with Gasteiger partial charge in [-0.2, -0.15) is 0 Å². The highest BCUT2D eigenvalue weighted by Gasteiger charge is 2.21. The van der Waals surface area contributed by atoms with Crippen LogP contribution in [0.2, 0.25) is 5.02 Å². The molecular formula is C18H21ClN2O3. The Hall–Kier alpha value is -1.98. The molecule has 128 valence electrons. The van der Waals surface area contributed by atoms with Crippen LogP contribution in [0.3, 0.4) is 0 Å². The fraction of sp³-hybridized carbons (Fsp3) is 0.389. The van der Waals surface area contributed by atoms with Gasteiger partial charge in [-0.15, -0.1) is 0 Å². The number of hydrogen-bond donors (Lipinski definition) is 0. The van der Waals surface area contributed by atoms with Gasteiger partial charge in [-0.05, 0) is 42.8 Å². The van der Waals surface area contributed by atoms with Crippen molar-refractivity contribution < 1.29 is 13.9 Å². The second-order valence-corrected chi connectivity index (χ2v) is 6.34. The lowest BCUT2D eigenvalue weighted by atomic mass is 10.2. The smallest absolute Gasteiger partial charge is 0.260 e. The maximum Gasteiger partial charge on any atom is 0.260 e. The fourth-order valence-electron chi connectivity index (χ4n) is 2.72. The van der Waals surface area contributed by atoms with Gasteiger partial charge in [0.2, 0.25) is 0 Å². The molecule has 2 aromatic rings. The molecule has 1 fully saturated rings. The Morgan fingerprint density at radius 2 is 2.04 bits per heavy atom. The summed E-state index contributed by atoms with van der Waals surface area (Å²) in [7, 11) is 0. The van der Waals surface area contributed by atoms with Crippen LogP contribution in [0.1, 0.15) is 11.3 Å². The van der Waals surface area contributed by atoms with Gasteiger partial charge in [0.05, 0.1) is 12.8 Å². The van der Waals surface area contributed by atoms with Gasteiger partial charge >= 0.3 is 0 Å². The number of rotatable bonds is 5. The summed E-state index contributed by atoms with van der Waals surface area (Å²) in [6.45, 7) is 5.86. The molecule has 0 bridgehead atoms. The number of carbonyl (C=O) groups is 1.